The van der Waals surface area contributed by atoms with Gasteiger partial charge in [-0.2, -0.15) is 0 Å². The van der Waals surface area contributed by atoms with Gasteiger partial charge < -0.3 is 9.47 Å². The van der Waals surface area contributed by atoms with Gasteiger partial charge >= 0.3 is 11.9 Å². The standard InChI is InChI=1S/C27H50O4/c1-7-9-11-12-13-14-15-17-19-25(27(29)31-21-23(5)6)24(18-16-10-8-2)26(28)30-20-22(3)4/h22-23H,7-21H2,1-6H3. The molecule has 0 aliphatic heterocycles. The smallest absolute Gasteiger partial charge is 0.334 e. The van der Waals surface area contributed by atoms with Gasteiger partial charge in [0.25, 0.3) is 0 Å². The van der Waals surface area contributed by atoms with Gasteiger partial charge in [0.2, 0.25) is 0 Å². The van der Waals surface area contributed by atoms with Crippen molar-refractivity contribution in [1.29, 1.82) is 0 Å². The minimum atomic E-state index is -0.333. The number of carbonyl (C=O) groups is 2. The molecule has 0 aromatic carbocycles. The Kier molecular flexibility index (Phi) is 18.5. The van der Waals surface area contributed by atoms with Crippen LogP contribution in [0.25, 0.3) is 0 Å². The van der Waals surface area contributed by atoms with Crippen molar-refractivity contribution in [1.82, 2.24) is 0 Å². The molecule has 0 aromatic rings. The van der Waals surface area contributed by atoms with Crippen LogP contribution in [-0.4, -0.2) is 25.2 Å². The van der Waals surface area contributed by atoms with Gasteiger partial charge in [-0.25, -0.2) is 9.59 Å². The average molecular weight is 439 g/mol. The molecule has 31 heavy (non-hydrogen) atoms. The summed E-state index contributed by atoms with van der Waals surface area (Å²) >= 11 is 0. The summed E-state index contributed by atoms with van der Waals surface area (Å²) in [6.07, 6.45) is 13.8. The van der Waals surface area contributed by atoms with Gasteiger partial charge in [-0.1, -0.05) is 99.3 Å². The molecule has 0 amide bonds. The van der Waals surface area contributed by atoms with E-state index in [1.807, 2.05) is 27.7 Å². The second-order valence-electron chi connectivity index (χ2n) is 9.62. The van der Waals surface area contributed by atoms with Crippen LogP contribution in [0.1, 0.15) is 125 Å². The summed E-state index contributed by atoms with van der Waals surface area (Å²) < 4.78 is 11.1. The summed E-state index contributed by atoms with van der Waals surface area (Å²) in [6.45, 7) is 13.2. The summed E-state index contributed by atoms with van der Waals surface area (Å²) in [5.41, 5.74) is 1.10. The number of hydrogen-bond donors (Lipinski definition) is 0. The number of hydrogen-bond acceptors (Lipinski definition) is 4. The Balaban J connectivity index is 5.21. The maximum Gasteiger partial charge on any atom is 0.334 e. The normalized spacial score (nSPS) is 12.3. The van der Waals surface area contributed by atoms with Crippen LogP contribution in [0.3, 0.4) is 0 Å². The van der Waals surface area contributed by atoms with E-state index in [-0.39, 0.29) is 23.8 Å². The molecular weight excluding hydrogens is 388 g/mol. The molecule has 182 valence electrons. The Morgan fingerprint density at radius 3 is 1.26 bits per heavy atom. The van der Waals surface area contributed by atoms with Gasteiger partial charge in [0.05, 0.1) is 13.2 Å². The first-order chi connectivity index (χ1) is 14.8. The lowest BCUT2D eigenvalue weighted by Crippen LogP contribution is -2.20. The summed E-state index contributed by atoms with van der Waals surface area (Å²) in [6, 6.07) is 0. The van der Waals surface area contributed by atoms with Crippen LogP contribution in [0, 0.1) is 11.8 Å². The number of ether oxygens (including phenoxy) is 2. The Morgan fingerprint density at radius 2 is 0.871 bits per heavy atom. The molecule has 4 nitrogen and oxygen atoms in total. The lowest BCUT2D eigenvalue weighted by atomic mass is 9.96. The largest absolute Gasteiger partial charge is 0.462 e. The second-order valence-corrected chi connectivity index (χ2v) is 9.62. The van der Waals surface area contributed by atoms with Crippen molar-refractivity contribution in [2.45, 2.75) is 125 Å². The van der Waals surface area contributed by atoms with Crippen LogP contribution in [0.4, 0.5) is 0 Å². The van der Waals surface area contributed by atoms with E-state index >= 15 is 0 Å². The second kappa shape index (κ2) is 19.4. The Morgan fingerprint density at radius 1 is 0.548 bits per heavy atom. The topological polar surface area (TPSA) is 52.6 Å². The van der Waals surface area contributed by atoms with Crippen LogP contribution in [0.2, 0.25) is 0 Å². The van der Waals surface area contributed by atoms with Gasteiger partial charge in [0, 0.05) is 11.1 Å². The van der Waals surface area contributed by atoms with Gasteiger partial charge in [0.1, 0.15) is 0 Å². The average Bonchev–Trinajstić information content (AvgIpc) is 2.73. The lowest BCUT2D eigenvalue weighted by Gasteiger charge is -2.16. The van der Waals surface area contributed by atoms with Crippen molar-refractivity contribution >= 4 is 11.9 Å². The Bertz CT molecular complexity index is 505. The van der Waals surface area contributed by atoms with E-state index in [2.05, 4.69) is 13.8 Å². The molecule has 0 atom stereocenters. The van der Waals surface area contributed by atoms with Gasteiger partial charge in [-0.3, -0.25) is 0 Å². The molecule has 0 aromatic heterocycles. The SMILES string of the molecule is CCCCCCCCCCC(C(=O)OCC(C)C)=C(CCCCC)C(=O)OCC(C)C. The van der Waals surface area contributed by atoms with Gasteiger partial charge in [-0.05, 0) is 37.5 Å². The van der Waals surface area contributed by atoms with E-state index in [0.29, 0.717) is 37.2 Å². The fraction of sp³-hybridized carbons (Fsp3) is 0.852. The first-order valence-electron chi connectivity index (χ1n) is 12.9. The zero-order valence-corrected chi connectivity index (χ0v) is 21.4. The monoisotopic (exact) mass is 438 g/mol. The van der Waals surface area contributed by atoms with Crippen LogP contribution in [-0.2, 0) is 19.1 Å². The first-order valence-corrected chi connectivity index (χ1v) is 12.9. The molecule has 0 fully saturated rings. The van der Waals surface area contributed by atoms with Crippen LogP contribution >= 0.6 is 0 Å². The molecule has 0 radical (unpaired) electrons. The minimum Gasteiger partial charge on any atom is -0.462 e. The lowest BCUT2D eigenvalue weighted by molar-refractivity contribution is -0.143. The molecule has 0 N–H and O–H groups in total. The number of esters is 2. The summed E-state index contributed by atoms with van der Waals surface area (Å²) in [5.74, 6) is -0.125. The molecular formula is C27H50O4. The van der Waals surface area contributed by atoms with E-state index < -0.39 is 0 Å². The predicted octanol–water partition coefficient (Wildman–Crippen LogP) is 7.79. The molecule has 0 rings (SSSR count). The zero-order valence-electron chi connectivity index (χ0n) is 21.4. The highest BCUT2D eigenvalue weighted by Crippen LogP contribution is 2.23. The molecule has 0 saturated carbocycles. The van der Waals surface area contributed by atoms with Gasteiger partial charge in [-0.15, -0.1) is 0 Å². The van der Waals surface area contributed by atoms with E-state index in [1.165, 1.54) is 38.5 Å². The number of rotatable bonds is 19. The van der Waals surface area contributed by atoms with Crippen molar-refractivity contribution in [3.8, 4) is 0 Å². The molecule has 0 bridgehead atoms. The van der Waals surface area contributed by atoms with E-state index in [4.69, 9.17) is 9.47 Å². The highest BCUT2D eigenvalue weighted by Gasteiger charge is 2.23. The summed E-state index contributed by atoms with van der Waals surface area (Å²) in [4.78, 5) is 25.8. The fourth-order valence-corrected chi connectivity index (χ4v) is 3.40. The Hall–Kier alpha value is -1.32. The summed E-state index contributed by atoms with van der Waals surface area (Å²) in [7, 11) is 0. The third-order valence-corrected chi connectivity index (χ3v) is 5.26. The minimum absolute atomic E-state index is 0.268. The molecule has 4 heteroatoms. The third kappa shape index (κ3) is 16.0. The third-order valence-electron chi connectivity index (χ3n) is 5.26. The van der Waals surface area contributed by atoms with Gasteiger partial charge in [0.15, 0.2) is 0 Å². The maximum atomic E-state index is 12.9. The highest BCUT2D eigenvalue weighted by molar-refractivity contribution is 6.00. The van der Waals surface area contributed by atoms with E-state index in [1.54, 1.807) is 0 Å². The van der Waals surface area contributed by atoms with Crippen molar-refractivity contribution < 1.29 is 19.1 Å². The molecule has 0 aliphatic rings. The van der Waals surface area contributed by atoms with Crippen molar-refractivity contribution in [3.63, 3.8) is 0 Å². The molecule has 0 spiro atoms. The van der Waals surface area contributed by atoms with Crippen LogP contribution in [0.5, 0.6) is 0 Å². The van der Waals surface area contributed by atoms with Crippen LogP contribution < -0.4 is 0 Å². The van der Waals surface area contributed by atoms with Crippen molar-refractivity contribution in [2.75, 3.05) is 13.2 Å². The molecule has 0 aliphatic carbocycles. The van der Waals surface area contributed by atoms with E-state index in [0.717, 1.165) is 32.1 Å². The number of carbonyl (C=O) groups excluding carboxylic acids is 2. The molecule has 0 unspecified atom stereocenters. The molecule has 0 saturated heterocycles. The quantitative estimate of drug-likeness (QED) is 0.117. The highest BCUT2D eigenvalue weighted by atomic mass is 16.5. The van der Waals surface area contributed by atoms with Crippen molar-refractivity contribution in [3.05, 3.63) is 11.1 Å². The molecule has 0 heterocycles. The maximum absolute atomic E-state index is 12.9. The number of unbranched alkanes of at least 4 members (excludes halogenated alkanes) is 9. The zero-order chi connectivity index (χ0) is 23.5. The van der Waals surface area contributed by atoms with Crippen molar-refractivity contribution in [2.24, 2.45) is 11.8 Å². The Labute approximate surface area is 192 Å². The van der Waals surface area contributed by atoms with Crippen LogP contribution in [0.15, 0.2) is 11.1 Å². The first kappa shape index (κ1) is 29.7. The van der Waals surface area contributed by atoms with E-state index in [9.17, 15) is 9.59 Å². The fourth-order valence-electron chi connectivity index (χ4n) is 3.40. The predicted molar refractivity (Wildman–Crippen MR) is 130 cm³/mol. The summed E-state index contributed by atoms with van der Waals surface area (Å²) in [5, 5.41) is 0.